The second-order valence-electron chi connectivity index (χ2n) is 4.99. The molecule has 2 aromatic rings. The highest BCUT2D eigenvalue weighted by Crippen LogP contribution is 2.28. The number of ether oxygens (including phenoxy) is 1. The average Bonchev–Trinajstić information content (AvgIpc) is 2.46. The first kappa shape index (κ1) is 15.7. The van der Waals surface area contributed by atoms with Gasteiger partial charge in [0.2, 0.25) is 0 Å². The van der Waals surface area contributed by atoms with Gasteiger partial charge in [0, 0.05) is 25.1 Å². The molecule has 0 bridgehead atoms. The third-order valence-corrected chi connectivity index (χ3v) is 3.65. The van der Waals surface area contributed by atoms with Crippen LogP contribution in [0.4, 0.5) is 11.4 Å². The van der Waals surface area contributed by atoms with Gasteiger partial charge < -0.3 is 15.0 Å². The van der Waals surface area contributed by atoms with Gasteiger partial charge in [-0.05, 0) is 42.8 Å². The highest BCUT2D eigenvalue weighted by molar-refractivity contribution is 9.10. The van der Waals surface area contributed by atoms with Gasteiger partial charge in [0.15, 0.2) is 0 Å². The minimum atomic E-state index is 0.696. The molecule has 0 aliphatic heterocycles. The van der Waals surface area contributed by atoms with Crippen LogP contribution in [0.5, 0.6) is 5.75 Å². The van der Waals surface area contributed by atoms with Crippen molar-refractivity contribution >= 4 is 27.3 Å². The van der Waals surface area contributed by atoms with Gasteiger partial charge in [0.25, 0.3) is 0 Å². The molecule has 1 N–H and O–H groups in total. The van der Waals surface area contributed by atoms with E-state index in [0.717, 1.165) is 22.5 Å². The van der Waals surface area contributed by atoms with Crippen molar-refractivity contribution < 1.29 is 4.74 Å². The van der Waals surface area contributed by atoms with Gasteiger partial charge in [-0.25, -0.2) is 0 Å². The average molecular weight is 349 g/mol. The number of hydrogen-bond acceptors (Lipinski definition) is 3. The Hall–Kier alpha value is -1.68. The zero-order valence-electron chi connectivity index (χ0n) is 12.7. The van der Waals surface area contributed by atoms with Crippen molar-refractivity contribution in [3.8, 4) is 5.75 Å². The summed E-state index contributed by atoms with van der Waals surface area (Å²) in [6.45, 7) is 3.47. The molecule has 0 heterocycles. The first-order valence-electron chi connectivity index (χ1n) is 7.02. The van der Waals surface area contributed by atoms with Crippen molar-refractivity contribution in [3.63, 3.8) is 0 Å². The second-order valence-corrected chi connectivity index (χ2v) is 5.90. The zero-order valence-corrected chi connectivity index (χ0v) is 14.3. The number of halogens is 1. The maximum absolute atomic E-state index is 5.46. The van der Waals surface area contributed by atoms with E-state index < -0.39 is 0 Å². The molecule has 0 spiro atoms. The van der Waals surface area contributed by atoms with Crippen LogP contribution in [0.25, 0.3) is 0 Å². The van der Waals surface area contributed by atoms with E-state index in [0.29, 0.717) is 6.61 Å². The van der Waals surface area contributed by atoms with Gasteiger partial charge in [-0.15, -0.1) is 0 Å². The molecule has 0 unspecified atom stereocenters. The molecule has 2 rings (SSSR count). The Balaban J connectivity index is 2.07. The third-order valence-electron chi connectivity index (χ3n) is 3.16. The number of rotatable bonds is 6. The monoisotopic (exact) mass is 348 g/mol. The summed E-state index contributed by atoms with van der Waals surface area (Å²) in [5, 5.41) is 3.49. The molecule has 21 heavy (non-hydrogen) atoms. The minimum absolute atomic E-state index is 0.696. The van der Waals surface area contributed by atoms with Crippen LogP contribution in [0, 0.1) is 0 Å². The molecule has 0 aromatic heterocycles. The zero-order chi connectivity index (χ0) is 15.2. The Morgan fingerprint density at radius 3 is 2.43 bits per heavy atom. The van der Waals surface area contributed by atoms with Crippen LogP contribution in [0.3, 0.4) is 0 Å². The third kappa shape index (κ3) is 4.39. The van der Waals surface area contributed by atoms with Crippen molar-refractivity contribution in [1.29, 1.82) is 0 Å². The molecule has 0 radical (unpaired) electrons. The van der Waals surface area contributed by atoms with E-state index in [9.17, 15) is 0 Å². The Labute approximate surface area is 135 Å². The van der Waals surface area contributed by atoms with Gasteiger partial charge in [-0.2, -0.15) is 0 Å². The minimum Gasteiger partial charge on any atom is -0.494 e. The SMILES string of the molecule is CCOc1ccc(CNc2cc(Br)ccc2N(C)C)cc1. The summed E-state index contributed by atoms with van der Waals surface area (Å²) in [4.78, 5) is 2.10. The van der Waals surface area contributed by atoms with E-state index in [1.54, 1.807) is 0 Å². The van der Waals surface area contributed by atoms with Gasteiger partial charge in [0.05, 0.1) is 18.0 Å². The lowest BCUT2D eigenvalue weighted by molar-refractivity contribution is 0.340. The van der Waals surface area contributed by atoms with Crippen LogP contribution >= 0.6 is 15.9 Å². The van der Waals surface area contributed by atoms with Crippen molar-refractivity contribution in [2.75, 3.05) is 30.9 Å². The van der Waals surface area contributed by atoms with Crippen LogP contribution < -0.4 is 15.0 Å². The van der Waals surface area contributed by atoms with Crippen molar-refractivity contribution in [2.24, 2.45) is 0 Å². The highest BCUT2D eigenvalue weighted by atomic mass is 79.9. The summed E-state index contributed by atoms with van der Waals surface area (Å²) in [7, 11) is 4.09. The Morgan fingerprint density at radius 2 is 1.81 bits per heavy atom. The van der Waals surface area contributed by atoms with Crippen LogP contribution in [0.1, 0.15) is 12.5 Å². The number of nitrogens with zero attached hydrogens (tertiary/aromatic N) is 1. The number of nitrogens with one attached hydrogen (secondary N) is 1. The molecule has 112 valence electrons. The molecule has 0 atom stereocenters. The topological polar surface area (TPSA) is 24.5 Å². The molecule has 0 amide bonds. The van der Waals surface area contributed by atoms with Gasteiger partial charge in [0.1, 0.15) is 5.75 Å². The van der Waals surface area contributed by atoms with Gasteiger partial charge in [-0.1, -0.05) is 28.1 Å². The van der Waals surface area contributed by atoms with Crippen LogP contribution in [-0.2, 0) is 6.54 Å². The van der Waals surface area contributed by atoms with E-state index >= 15 is 0 Å². The number of hydrogen-bond donors (Lipinski definition) is 1. The fourth-order valence-corrected chi connectivity index (χ4v) is 2.47. The quantitative estimate of drug-likeness (QED) is 0.830. The molecular weight excluding hydrogens is 328 g/mol. The normalized spacial score (nSPS) is 10.3. The van der Waals surface area contributed by atoms with Crippen molar-refractivity contribution in [3.05, 3.63) is 52.5 Å². The van der Waals surface area contributed by atoms with E-state index in [1.165, 1.54) is 11.3 Å². The van der Waals surface area contributed by atoms with Crippen LogP contribution in [-0.4, -0.2) is 20.7 Å². The van der Waals surface area contributed by atoms with Crippen LogP contribution in [0.15, 0.2) is 46.9 Å². The Kier molecular flexibility index (Phi) is 5.51. The molecule has 0 saturated heterocycles. The van der Waals surface area contributed by atoms with Gasteiger partial charge in [-0.3, -0.25) is 0 Å². The number of benzene rings is 2. The highest BCUT2D eigenvalue weighted by Gasteiger charge is 2.05. The first-order valence-corrected chi connectivity index (χ1v) is 7.82. The lowest BCUT2D eigenvalue weighted by Crippen LogP contribution is -2.12. The summed E-state index contributed by atoms with van der Waals surface area (Å²) < 4.78 is 6.53. The van der Waals surface area contributed by atoms with E-state index in [2.05, 4.69) is 56.5 Å². The summed E-state index contributed by atoms with van der Waals surface area (Å²) in [5.41, 5.74) is 3.51. The largest absolute Gasteiger partial charge is 0.494 e. The molecule has 0 saturated carbocycles. The van der Waals surface area contributed by atoms with Crippen LogP contribution in [0.2, 0.25) is 0 Å². The summed E-state index contributed by atoms with van der Waals surface area (Å²) in [6.07, 6.45) is 0. The first-order chi connectivity index (χ1) is 10.1. The fraction of sp³-hybridized carbons (Fsp3) is 0.294. The molecular formula is C17H21BrN2O. The molecule has 2 aromatic carbocycles. The lowest BCUT2D eigenvalue weighted by atomic mass is 10.2. The van der Waals surface area contributed by atoms with Crippen molar-refractivity contribution in [2.45, 2.75) is 13.5 Å². The molecule has 4 heteroatoms. The Morgan fingerprint density at radius 1 is 1.10 bits per heavy atom. The summed E-state index contributed by atoms with van der Waals surface area (Å²) in [6, 6.07) is 14.4. The smallest absolute Gasteiger partial charge is 0.119 e. The summed E-state index contributed by atoms with van der Waals surface area (Å²) in [5.74, 6) is 0.915. The maximum Gasteiger partial charge on any atom is 0.119 e. The predicted octanol–water partition coefficient (Wildman–Crippen LogP) is 4.53. The maximum atomic E-state index is 5.46. The second kappa shape index (κ2) is 7.36. The Bertz CT molecular complexity index is 582. The number of anilines is 2. The van der Waals surface area contributed by atoms with E-state index in [-0.39, 0.29) is 0 Å². The predicted molar refractivity (Wildman–Crippen MR) is 93.4 cm³/mol. The van der Waals surface area contributed by atoms with Crippen molar-refractivity contribution in [1.82, 2.24) is 0 Å². The standard InChI is InChI=1S/C17H21BrN2O/c1-4-21-15-8-5-13(6-9-15)12-19-16-11-14(18)7-10-17(16)20(2)3/h5-11,19H,4,12H2,1-3H3. The molecule has 0 aliphatic rings. The molecule has 3 nitrogen and oxygen atoms in total. The molecule has 0 fully saturated rings. The molecule has 0 aliphatic carbocycles. The lowest BCUT2D eigenvalue weighted by Gasteiger charge is -2.19. The van der Waals surface area contributed by atoms with E-state index in [4.69, 9.17) is 4.74 Å². The summed E-state index contributed by atoms with van der Waals surface area (Å²) >= 11 is 3.52. The fourth-order valence-electron chi connectivity index (χ4n) is 2.11. The van der Waals surface area contributed by atoms with Gasteiger partial charge >= 0.3 is 0 Å². The van der Waals surface area contributed by atoms with E-state index in [1.807, 2.05) is 33.2 Å².